The Bertz CT molecular complexity index is 1220. The normalized spacial score (nSPS) is 11.1. The molecule has 6 nitrogen and oxygen atoms in total. The van der Waals surface area contributed by atoms with Gasteiger partial charge in [-0.15, -0.1) is 11.3 Å². The lowest BCUT2D eigenvalue weighted by molar-refractivity contribution is 0.627. The van der Waals surface area contributed by atoms with Crippen LogP contribution in [0, 0.1) is 12.7 Å². The number of anilines is 2. The molecule has 0 bridgehead atoms. The molecule has 0 radical (unpaired) electrons. The molecule has 0 amide bonds. The first-order chi connectivity index (χ1) is 14.0. The van der Waals surface area contributed by atoms with E-state index in [0.717, 1.165) is 21.8 Å². The SMILES string of the molecule is CCN(Cc1cc(=O)n2c(-c3ccc(N)nc3)c(C)sc2n1)c1ccc(F)cc1. The van der Waals surface area contributed by atoms with Gasteiger partial charge in [-0.2, -0.15) is 0 Å². The highest BCUT2D eigenvalue weighted by Crippen LogP contribution is 2.29. The maximum absolute atomic E-state index is 13.2. The van der Waals surface area contributed by atoms with E-state index in [4.69, 9.17) is 10.7 Å². The second kappa shape index (κ2) is 7.63. The molecule has 0 fully saturated rings. The summed E-state index contributed by atoms with van der Waals surface area (Å²) < 4.78 is 14.8. The lowest BCUT2D eigenvalue weighted by Crippen LogP contribution is -2.24. The van der Waals surface area contributed by atoms with Crippen LogP contribution >= 0.6 is 11.3 Å². The lowest BCUT2D eigenvalue weighted by Gasteiger charge is -2.22. The largest absolute Gasteiger partial charge is 0.384 e. The van der Waals surface area contributed by atoms with E-state index in [1.165, 1.54) is 23.5 Å². The smallest absolute Gasteiger partial charge is 0.259 e. The minimum Gasteiger partial charge on any atom is -0.384 e. The van der Waals surface area contributed by atoms with Crippen LogP contribution in [0.3, 0.4) is 0 Å². The van der Waals surface area contributed by atoms with Crippen molar-refractivity contribution in [1.29, 1.82) is 0 Å². The molecule has 0 atom stereocenters. The molecule has 148 valence electrons. The van der Waals surface area contributed by atoms with Gasteiger partial charge in [-0.25, -0.2) is 14.4 Å². The zero-order valence-electron chi connectivity index (χ0n) is 16.1. The third-order valence-electron chi connectivity index (χ3n) is 4.73. The fourth-order valence-corrected chi connectivity index (χ4v) is 4.33. The summed E-state index contributed by atoms with van der Waals surface area (Å²) in [5.41, 5.74) is 8.70. The van der Waals surface area contributed by atoms with Crippen molar-refractivity contribution in [2.24, 2.45) is 0 Å². The second-order valence-electron chi connectivity index (χ2n) is 6.67. The number of halogens is 1. The van der Waals surface area contributed by atoms with Gasteiger partial charge in [0.05, 0.1) is 17.9 Å². The van der Waals surface area contributed by atoms with Crippen LogP contribution in [-0.2, 0) is 6.54 Å². The van der Waals surface area contributed by atoms with Crippen molar-refractivity contribution in [2.75, 3.05) is 17.2 Å². The molecular weight excluding hydrogens is 389 g/mol. The molecule has 0 saturated carbocycles. The van der Waals surface area contributed by atoms with Gasteiger partial charge in [0.25, 0.3) is 5.56 Å². The van der Waals surface area contributed by atoms with Gasteiger partial charge < -0.3 is 10.6 Å². The summed E-state index contributed by atoms with van der Waals surface area (Å²) in [6.45, 7) is 5.14. The number of benzene rings is 1. The van der Waals surface area contributed by atoms with Crippen molar-refractivity contribution in [3.8, 4) is 11.3 Å². The van der Waals surface area contributed by atoms with Gasteiger partial charge in [0, 0.05) is 34.9 Å². The molecule has 4 rings (SSSR count). The third-order valence-corrected chi connectivity index (χ3v) is 5.68. The highest BCUT2D eigenvalue weighted by Gasteiger charge is 2.16. The highest BCUT2D eigenvalue weighted by atomic mass is 32.1. The summed E-state index contributed by atoms with van der Waals surface area (Å²) in [7, 11) is 0. The summed E-state index contributed by atoms with van der Waals surface area (Å²) in [5.74, 6) is 0.153. The topological polar surface area (TPSA) is 76.5 Å². The van der Waals surface area contributed by atoms with Crippen LogP contribution in [0.15, 0.2) is 53.5 Å². The Morgan fingerprint density at radius 3 is 2.62 bits per heavy atom. The first-order valence-corrected chi connectivity index (χ1v) is 10.0. The van der Waals surface area contributed by atoms with Crippen LogP contribution in [0.4, 0.5) is 15.9 Å². The van der Waals surface area contributed by atoms with E-state index in [0.29, 0.717) is 29.6 Å². The minimum absolute atomic E-state index is 0.142. The van der Waals surface area contributed by atoms with Gasteiger partial charge in [-0.1, -0.05) is 0 Å². The first-order valence-electron chi connectivity index (χ1n) is 9.20. The van der Waals surface area contributed by atoms with E-state index in [-0.39, 0.29) is 11.4 Å². The van der Waals surface area contributed by atoms with Crippen LogP contribution < -0.4 is 16.2 Å². The minimum atomic E-state index is -0.277. The molecule has 0 aliphatic heterocycles. The van der Waals surface area contributed by atoms with E-state index in [1.807, 2.05) is 24.8 Å². The van der Waals surface area contributed by atoms with Crippen LogP contribution in [0.1, 0.15) is 17.5 Å². The average Bonchev–Trinajstić information content (AvgIpc) is 3.04. The summed E-state index contributed by atoms with van der Waals surface area (Å²) in [5, 5.41) is 0. The van der Waals surface area contributed by atoms with Crippen LogP contribution in [0.5, 0.6) is 0 Å². The number of aryl methyl sites for hydroxylation is 1. The Labute approximate surface area is 171 Å². The summed E-state index contributed by atoms with van der Waals surface area (Å²) in [6.07, 6.45) is 1.66. The average molecular weight is 409 g/mol. The Hall–Kier alpha value is -3.26. The van der Waals surface area contributed by atoms with Crippen LogP contribution in [0.2, 0.25) is 0 Å². The maximum atomic E-state index is 13.2. The Kier molecular flexibility index (Phi) is 5.02. The molecule has 0 aliphatic carbocycles. The number of nitrogens with zero attached hydrogens (tertiary/aromatic N) is 4. The molecule has 0 saturated heterocycles. The maximum Gasteiger partial charge on any atom is 0.259 e. The van der Waals surface area contributed by atoms with E-state index in [1.54, 1.807) is 34.9 Å². The van der Waals surface area contributed by atoms with Gasteiger partial charge in [0.15, 0.2) is 4.96 Å². The van der Waals surface area contributed by atoms with E-state index >= 15 is 0 Å². The zero-order valence-corrected chi connectivity index (χ0v) is 16.9. The molecular formula is C21H20FN5OS. The first kappa shape index (κ1) is 19.1. The number of fused-ring (bicyclic) bond motifs is 1. The molecule has 4 aromatic rings. The third kappa shape index (κ3) is 3.71. The van der Waals surface area contributed by atoms with Crippen molar-refractivity contribution in [2.45, 2.75) is 20.4 Å². The predicted octanol–water partition coefficient (Wildman–Crippen LogP) is 3.87. The summed E-state index contributed by atoms with van der Waals surface area (Å²) in [4.78, 5) is 25.4. The lowest BCUT2D eigenvalue weighted by atomic mass is 10.2. The number of hydrogen-bond acceptors (Lipinski definition) is 6. The van der Waals surface area contributed by atoms with Crippen molar-refractivity contribution < 1.29 is 4.39 Å². The van der Waals surface area contributed by atoms with E-state index in [2.05, 4.69) is 4.98 Å². The van der Waals surface area contributed by atoms with Gasteiger partial charge in [-0.05, 0) is 50.2 Å². The Morgan fingerprint density at radius 1 is 1.21 bits per heavy atom. The standard InChI is InChI=1S/C21H20FN5OS/c1-3-26(17-7-5-15(22)6-8-17)12-16-10-19(28)27-20(13(2)29-21(27)25-16)14-4-9-18(23)24-11-14/h4-11H,3,12H2,1-2H3,(H2,23,24). The fourth-order valence-electron chi connectivity index (χ4n) is 3.32. The zero-order chi connectivity index (χ0) is 20.5. The Morgan fingerprint density at radius 2 is 1.97 bits per heavy atom. The molecule has 0 spiro atoms. The number of aromatic nitrogens is 3. The number of pyridine rings is 1. The number of nitrogens with two attached hydrogens (primary N) is 1. The van der Waals surface area contributed by atoms with E-state index < -0.39 is 0 Å². The summed E-state index contributed by atoms with van der Waals surface area (Å²) in [6, 6.07) is 11.4. The number of thiazole rings is 1. The highest BCUT2D eigenvalue weighted by molar-refractivity contribution is 7.17. The van der Waals surface area contributed by atoms with Crippen molar-refractivity contribution >= 4 is 27.8 Å². The van der Waals surface area contributed by atoms with Crippen LogP contribution in [0.25, 0.3) is 16.2 Å². The van der Waals surface area contributed by atoms with E-state index in [9.17, 15) is 9.18 Å². The molecule has 0 aliphatic rings. The number of hydrogen-bond donors (Lipinski definition) is 1. The number of rotatable bonds is 5. The van der Waals surface area contributed by atoms with Gasteiger partial charge >= 0.3 is 0 Å². The fraction of sp³-hybridized carbons (Fsp3) is 0.190. The molecule has 0 unspecified atom stereocenters. The molecule has 3 aromatic heterocycles. The Balaban J connectivity index is 1.74. The monoisotopic (exact) mass is 409 g/mol. The van der Waals surface area contributed by atoms with Crippen molar-refractivity contribution in [1.82, 2.24) is 14.4 Å². The van der Waals surface area contributed by atoms with Crippen molar-refractivity contribution in [3.05, 3.63) is 75.4 Å². The molecule has 1 aromatic carbocycles. The number of nitrogen functional groups attached to an aromatic ring is 1. The summed E-state index contributed by atoms with van der Waals surface area (Å²) >= 11 is 1.46. The molecule has 8 heteroatoms. The molecule has 29 heavy (non-hydrogen) atoms. The second-order valence-corrected chi connectivity index (χ2v) is 7.85. The molecule has 2 N–H and O–H groups in total. The van der Waals surface area contributed by atoms with Crippen molar-refractivity contribution in [3.63, 3.8) is 0 Å². The van der Waals surface area contributed by atoms with Gasteiger partial charge in [0.1, 0.15) is 11.6 Å². The van der Waals surface area contributed by atoms with Crippen LogP contribution in [-0.4, -0.2) is 20.9 Å². The van der Waals surface area contributed by atoms with Gasteiger partial charge in [0.2, 0.25) is 0 Å². The quantitative estimate of drug-likeness (QED) is 0.541. The predicted molar refractivity (Wildman–Crippen MR) is 115 cm³/mol. The molecule has 3 heterocycles. The van der Waals surface area contributed by atoms with Gasteiger partial charge in [-0.3, -0.25) is 9.20 Å².